The van der Waals surface area contributed by atoms with Crippen molar-refractivity contribution in [2.45, 2.75) is 49.3 Å². The van der Waals surface area contributed by atoms with Crippen LogP contribution < -0.4 is 24.6 Å². The zero-order chi connectivity index (χ0) is 37.2. The van der Waals surface area contributed by atoms with E-state index in [1.165, 1.54) is 30.4 Å². The smallest absolute Gasteiger partial charge is 0.395 e. The van der Waals surface area contributed by atoms with Crippen molar-refractivity contribution in [3.05, 3.63) is 76.1 Å². The molecule has 52 heavy (non-hydrogen) atoms. The van der Waals surface area contributed by atoms with Crippen LogP contribution in [0.2, 0.25) is 0 Å². The number of aliphatic hydroxyl groups is 2. The summed E-state index contributed by atoms with van der Waals surface area (Å²) in [4.78, 5) is 39.4. The van der Waals surface area contributed by atoms with Crippen LogP contribution in [-0.4, -0.2) is 89.9 Å². The van der Waals surface area contributed by atoms with Crippen LogP contribution in [-0.2, 0) is 16.0 Å². The van der Waals surface area contributed by atoms with Crippen molar-refractivity contribution >= 4 is 76.4 Å². The second-order valence-electron chi connectivity index (χ2n) is 12.3. The number of imidazole rings is 1. The number of benzene rings is 3. The van der Waals surface area contributed by atoms with Gasteiger partial charge in [-0.3, -0.25) is 9.09 Å². The number of ether oxygens (including phenoxy) is 3. The molecule has 1 aliphatic heterocycles. The van der Waals surface area contributed by atoms with E-state index in [0.29, 0.717) is 15.0 Å². The normalized spacial score (nSPS) is 21.7. The Bertz CT molecular complexity index is 2120. The van der Waals surface area contributed by atoms with E-state index in [-0.39, 0.29) is 53.9 Å². The van der Waals surface area contributed by atoms with E-state index < -0.39 is 43.7 Å². The number of anilines is 1. The molecule has 3 aromatic carbocycles. The van der Waals surface area contributed by atoms with Gasteiger partial charge in [0.05, 0.1) is 7.11 Å². The molecular weight excluding hydrogens is 826 g/mol. The van der Waals surface area contributed by atoms with Crippen LogP contribution in [0.15, 0.2) is 71.5 Å². The molecule has 5 aromatic rings. The maximum atomic E-state index is 13.8. The van der Waals surface area contributed by atoms with E-state index in [1.807, 2.05) is 47.0 Å². The Labute approximate surface area is 317 Å². The number of nitrogens with zero attached hydrogens (tertiary/aromatic N) is 5. The fraction of sp³-hybridized carbons (Fsp3) is 0.353. The van der Waals surface area contributed by atoms with Gasteiger partial charge >= 0.3 is 14.1 Å². The van der Waals surface area contributed by atoms with Crippen molar-refractivity contribution in [2.75, 3.05) is 31.5 Å². The molecule has 1 aliphatic rings. The molecule has 1 fully saturated rings. The molecule has 0 bridgehead atoms. The van der Waals surface area contributed by atoms with Gasteiger partial charge in [-0.1, -0.05) is 65.4 Å². The number of hydrogen-bond acceptors (Lipinski definition) is 14. The zero-order valence-electron chi connectivity index (χ0n) is 28.2. The van der Waals surface area contributed by atoms with Gasteiger partial charge in [-0.05, 0) is 42.4 Å². The number of hydrogen-bond donors (Lipinski definition) is 4. The molecule has 6 atom stereocenters. The summed E-state index contributed by atoms with van der Waals surface area (Å²) in [5.41, 5.74) is 3.59. The first-order chi connectivity index (χ1) is 24.9. The summed E-state index contributed by atoms with van der Waals surface area (Å²) in [6, 6.07) is 19.6. The molecule has 6 rings (SSSR count). The first-order valence-electron chi connectivity index (χ1n) is 16.0. The van der Waals surface area contributed by atoms with Crippen LogP contribution in [0, 0.1) is 3.83 Å². The summed E-state index contributed by atoms with van der Waals surface area (Å²) in [7, 11) is -1.53. The molecule has 274 valence electrons. The van der Waals surface area contributed by atoms with Gasteiger partial charge < -0.3 is 40.2 Å². The Morgan fingerprint density at radius 2 is 1.90 bits per heavy atom. The first-order valence-corrected chi connectivity index (χ1v) is 19.6. The van der Waals surface area contributed by atoms with Crippen molar-refractivity contribution in [1.29, 1.82) is 0 Å². The monoisotopic (exact) mass is 862 g/mol. The summed E-state index contributed by atoms with van der Waals surface area (Å²) in [6.45, 7) is 1.14. The van der Waals surface area contributed by atoms with Gasteiger partial charge in [0, 0.05) is 34.4 Å². The van der Waals surface area contributed by atoms with E-state index in [9.17, 15) is 25.0 Å². The molecule has 15 nitrogen and oxygen atoms in total. The number of methoxy groups -OCH3 is 1. The molecule has 0 saturated carbocycles. The number of aliphatic hydroxyl groups excluding tert-OH is 1. The van der Waals surface area contributed by atoms with Gasteiger partial charge in [-0.25, -0.2) is 9.78 Å². The minimum atomic E-state index is -2.94. The highest BCUT2D eigenvalue weighted by Gasteiger charge is 2.54. The SMILES string of the molecule is COc1nc(N)nc2c1nc(I)n2[C@@H]1O[C@H](COc2ccc3ccccc3c2O[P+]([O-])=N[C@](CCSC)(Cc2ccccc2)C(=O)O)[C@@H](O)[C@@]1(C)O. The molecule has 0 amide bonds. The molecular formula is C34H36IN6O9PS. The minimum Gasteiger partial charge on any atom is -0.575 e. The number of aromatic nitrogens is 4. The van der Waals surface area contributed by atoms with Crippen LogP contribution in [0.5, 0.6) is 17.4 Å². The summed E-state index contributed by atoms with van der Waals surface area (Å²) in [5, 5.41) is 34.6. The summed E-state index contributed by atoms with van der Waals surface area (Å²) >= 11 is 3.41. The van der Waals surface area contributed by atoms with Crippen LogP contribution >= 0.6 is 42.5 Å². The number of thioether (sulfide) groups is 1. The molecule has 18 heteroatoms. The van der Waals surface area contributed by atoms with Crippen LogP contribution in [0.3, 0.4) is 0 Å². The lowest BCUT2D eigenvalue weighted by Gasteiger charge is -2.27. The van der Waals surface area contributed by atoms with Gasteiger partial charge in [0.1, 0.15) is 24.4 Å². The second kappa shape index (κ2) is 15.6. The van der Waals surface area contributed by atoms with Gasteiger partial charge in [-0.15, -0.1) is 0 Å². The third kappa shape index (κ3) is 7.48. The van der Waals surface area contributed by atoms with Gasteiger partial charge in [0.25, 0.3) is 0 Å². The van der Waals surface area contributed by atoms with Crippen molar-refractivity contribution in [3.8, 4) is 17.4 Å². The summed E-state index contributed by atoms with van der Waals surface area (Å²) in [5.74, 6) is -0.497. The number of nitrogens with two attached hydrogens (primary N) is 1. The van der Waals surface area contributed by atoms with Crippen LogP contribution in [0.25, 0.3) is 21.9 Å². The lowest BCUT2D eigenvalue weighted by Crippen LogP contribution is -2.45. The molecule has 5 N–H and O–H groups in total. The highest BCUT2D eigenvalue weighted by atomic mass is 127. The van der Waals surface area contributed by atoms with E-state index in [4.69, 9.17) is 24.5 Å². The fourth-order valence-corrected chi connectivity index (χ4v) is 8.32. The average Bonchev–Trinajstić information content (AvgIpc) is 3.56. The van der Waals surface area contributed by atoms with Crippen molar-refractivity contribution in [2.24, 2.45) is 4.74 Å². The Morgan fingerprint density at radius 1 is 1.17 bits per heavy atom. The molecule has 3 heterocycles. The van der Waals surface area contributed by atoms with Crippen LogP contribution in [0.1, 0.15) is 25.1 Å². The lowest BCUT2D eigenvalue weighted by molar-refractivity contribution is -0.170. The number of carboxylic acids is 1. The Hall–Kier alpha value is -3.84. The average molecular weight is 863 g/mol. The number of carboxylic acid groups (broad SMARTS) is 1. The zero-order valence-corrected chi connectivity index (χ0v) is 32.1. The summed E-state index contributed by atoms with van der Waals surface area (Å²) < 4.78 is 29.9. The van der Waals surface area contributed by atoms with Gasteiger partial charge in [0.2, 0.25) is 23.1 Å². The van der Waals surface area contributed by atoms with E-state index in [1.54, 1.807) is 48.5 Å². The maximum Gasteiger partial charge on any atom is 0.395 e. The number of aliphatic carboxylic acids is 1. The first kappa shape index (κ1) is 37.9. The Morgan fingerprint density at radius 3 is 2.62 bits per heavy atom. The lowest BCUT2D eigenvalue weighted by atomic mass is 9.89. The van der Waals surface area contributed by atoms with E-state index in [2.05, 4.69) is 19.7 Å². The Balaban J connectivity index is 1.31. The van der Waals surface area contributed by atoms with Crippen molar-refractivity contribution in [3.63, 3.8) is 0 Å². The van der Waals surface area contributed by atoms with Crippen LogP contribution in [0.4, 0.5) is 5.95 Å². The standard InChI is InChI=1S/C34H36IN6O9PS/c1-33(45)26(42)23(49-29(33)41-27-24(37-31(41)35)28(47-2)39-32(36)38-27)18-48-22-14-13-20-11-7-8-12-21(20)25(22)50-51(46)40-34(30(43)44,15-16-52-3)17-19-9-5-4-6-10-19/h4-14,23,26,29,42,45H,15-18H2,1-3H3,(H,43,44)(H2,36,38,39)/t23-,26-,29-,33-,34-/m1/s1. The molecule has 1 unspecified atom stereocenters. The van der Waals surface area contributed by atoms with E-state index in [0.717, 1.165) is 10.9 Å². The second-order valence-corrected chi connectivity index (χ2v) is 15.1. The topological polar surface area (TPSA) is 220 Å². The largest absolute Gasteiger partial charge is 0.575 e. The van der Waals surface area contributed by atoms with Gasteiger partial charge in [-0.2, -0.15) is 21.7 Å². The molecule has 0 spiro atoms. The number of carbonyl (C=O) groups is 1. The maximum absolute atomic E-state index is 13.8. The summed E-state index contributed by atoms with van der Waals surface area (Å²) in [6.07, 6.45) is -1.71. The third-order valence-corrected chi connectivity index (χ3v) is 11.1. The number of halogens is 1. The molecule has 2 aromatic heterocycles. The third-order valence-electron chi connectivity index (χ3n) is 8.81. The number of nitrogen functional groups attached to an aromatic ring is 1. The minimum absolute atomic E-state index is 0.0155. The number of fused-ring (bicyclic) bond motifs is 2. The Kier molecular flexibility index (Phi) is 11.4. The highest BCUT2D eigenvalue weighted by molar-refractivity contribution is 14.1. The quantitative estimate of drug-likeness (QED) is 0.0695. The molecule has 0 aliphatic carbocycles. The highest BCUT2D eigenvalue weighted by Crippen LogP contribution is 2.44. The van der Waals surface area contributed by atoms with E-state index >= 15 is 0 Å². The predicted molar refractivity (Wildman–Crippen MR) is 202 cm³/mol. The van der Waals surface area contributed by atoms with Crippen molar-refractivity contribution in [1.82, 2.24) is 19.5 Å². The van der Waals surface area contributed by atoms with Gasteiger partial charge in [0.15, 0.2) is 27.0 Å². The fourth-order valence-electron chi connectivity index (χ4n) is 6.10. The van der Waals surface area contributed by atoms with Crippen molar-refractivity contribution < 1.29 is 43.7 Å². The number of rotatable bonds is 14. The predicted octanol–water partition coefficient (Wildman–Crippen LogP) is 4.32. The molecule has 0 radical (unpaired) electrons. The molecule has 1 saturated heterocycles.